The number of aryl methyl sites for hydroxylation is 1. The largest absolute Gasteiger partial charge is 0.354 e. The number of anilines is 2. The fourth-order valence-electron chi connectivity index (χ4n) is 2.88. The SMILES string of the molecule is Cc1nccc(N2CCN(c3cccc4nncn34)CC2)n1. The second kappa shape index (κ2) is 5.25. The van der Waals surface area contributed by atoms with Crippen molar-refractivity contribution in [3.05, 3.63) is 42.6 Å². The number of pyridine rings is 1. The van der Waals surface area contributed by atoms with Gasteiger partial charge in [-0.3, -0.25) is 4.40 Å². The molecular weight excluding hydrogens is 278 g/mol. The first-order chi connectivity index (χ1) is 10.8. The fourth-order valence-corrected chi connectivity index (χ4v) is 2.88. The zero-order valence-electron chi connectivity index (χ0n) is 12.4. The van der Waals surface area contributed by atoms with Gasteiger partial charge in [-0.15, -0.1) is 10.2 Å². The van der Waals surface area contributed by atoms with Gasteiger partial charge in [-0.2, -0.15) is 0 Å². The summed E-state index contributed by atoms with van der Waals surface area (Å²) in [4.78, 5) is 13.3. The molecule has 0 bridgehead atoms. The second-order valence-electron chi connectivity index (χ2n) is 5.38. The molecule has 3 aromatic heterocycles. The molecule has 7 nitrogen and oxygen atoms in total. The highest BCUT2D eigenvalue weighted by Gasteiger charge is 2.20. The summed E-state index contributed by atoms with van der Waals surface area (Å²) in [5.41, 5.74) is 0.881. The fraction of sp³-hybridized carbons (Fsp3) is 0.333. The van der Waals surface area contributed by atoms with Crippen LogP contribution in [-0.2, 0) is 0 Å². The highest BCUT2D eigenvalue weighted by molar-refractivity contribution is 5.52. The van der Waals surface area contributed by atoms with Crippen LogP contribution in [0.25, 0.3) is 5.65 Å². The number of hydrogen-bond acceptors (Lipinski definition) is 6. The van der Waals surface area contributed by atoms with E-state index in [0.717, 1.165) is 49.3 Å². The summed E-state index contributed by atoms with van der Waals surface area (Å²) in [5.74, 6) is 2.96. The minimum absolute atomic E-state index is 0.814. The van der Waals surface area contributed by atoms with Crippen molar-refractivity contribution in [2.24, 2.45) is 0 Å². The Morgan fingerprint density at radius 1 is 1.00 bits per heavy atom. The molecule has 3 aromatic rings. The van der Waals surface area contributed by atoms with Gasteiger partial charge in [0.25, 0.3) is 0 Å². The molecule has 0 saturated carbocycles. The topological polar surface area (TPSA) is 62.5 Å². The molecule has 0 N–H and O–H groups in total. The lowest BCUT2D eigenvalue weighted by atomic mass is 10.3. The van der Waals surface area contributed by atoms with Gasteiger partial charge in [0.15, 0.2) is 5.65 Å². The monoisotopic (exact) mass is 295 g/mol. The second-order valence-corrected chi connectivity index (χ2v) is 5.38. The third kappa shape index (κ3) is 2.24. The minimum atomic E-state index is 0.814. The van der Waals surface area contributed by atoms with Crippen LogP contribution >= 0.6 is 0 Å². The van der Waals surface area contributed by atoms with Gasteiger partial charge in [0.2, 0.25) is 0 Å². The van der Waals surface area contributed by atoms with Crippen molar-refractivity contribution in [2.45, 2.75) is 6.92 Å². The number of rotatable bonds is 2. The molecule has 112 valence electrons. The van der Waals surface area contributed by atoms with Crippen molar-refractivity contribution in [2.75, 3.05) is 36.0 Å². The molecule has 4 heterocycles. The molecule has 0 aliphatic carbocycles. The molecule has 22 heavy (non-hydrogen) atoms. The lowest BCUT2D eigenvalue weighted by Gasteiger charge is -2.36. The average molecular weight is 295 g/mol. The quantitative estimate of drug-likeness (QED) is 0.707. The maximum Gasteiger partial charge on any atom is 0.162 e. The average Bonchev–Trinajstić information content (AvgIpc) is 3.04. The van der Waals surface area contributed by atoms with Gasteiger partial charge in [-0.1, -0.05) is 6.07 Å². The van der Waals surface area contributed by atoms with E-state index in [1.165, 1.54) is 0 Å². The van der Waals surface area contributed by atoms with Crippen LogP contribution in [0.4, 0.5) is 11.6 Å². The van der Waals surface area contributed by atoms with Gasteiger partial charge >= 0.3 is 0 Å². The van der Waals surface area contributed by atoms with Crippen molar-refractivity contribution < 1.29 is 0 Å². The summed E-state index contributed by atoms with van der Waals surface area (Å²) >= 11 is 0. The van der Waals surface area contributed by atoms with Crippen molar-refractivity contribution in [1.82, 2.24) is 24.6 Å². The molecule has 1 fully saturated rings. The molecule has 4 rings (SSSR count). The van der Waals surface area contributed by atoms with Gasteiger partial charge in [0, 0.05) is 32.4 Å². The first-order valence-electron chi connectivity index (χ1n) is 7.39. The maximum atomic E-state index is 4.51. The Kier molecular flexibility index (Phi) is 3.10. The number of aromatic nitrogens is 5. The van der Waals surface area contributed by atoms with Gasteiger partial charge < -0.3 is 9.80 Å². The van der Waals surface area contributed by atoms with Gasteiger partial charge in [0.05, 0.1) is 0 Å². The summed E-state index contributed by atoms with van der Waals surface area (Å²) < 4.78 is 2.03. The third-order valence-electron chi connectivity index (χ3n) is 4.00. The molecule has 0 atom stereocenters. The molecule has 0 amide bonds. The third-order valence-corrected chi connectivity index (χ3v) is 4.00. The Morgan fingerprint density at radius 2 is 1.82 bits per heavy atom. The van der Waals surface area contributed by atoms with Crippen LogP contribution in [0, 0.1) is 6.92 Å². The van der Waals surface area contributed by atoms with Crippen LogP contribution in [-0.4, -0.2) is 50.7 Å². The number of hydrogen-bond donors (Lipinski definition) is 0. The molecule has 0 unspecified atom stereocenters. The molecule has 7 heteroatoms. The van der Waals surface area contributed by atoms with E-state index in [0.29, 0.717) is 0 Å². The standard InChI is InChI=1S/C15H17N7/c1-12-16-6-5-13(18-12)20-7-9-21(10-8-20)15-4-2-3-14-19-17-11-22(14)15/h2-6,11H,7-10H2,1H3. The summed E-state index contributed by atoms with van der Waals surface area (Å²) in [5, 5.41) is 8.09. The Labute approximate surface area is 128 Å². The summed E-state index contributed by atoms with van der Waals surface area (Å²) in [6.07, 6.45) is 3.59. The molecular formula is C15H17N7. The maximum absolute atomic E-state index is 4.51. The summed E-state index contributed by atoms with van der Waals surface area (Å²) in [6, 6.07) is 8.08. The van der Waals surface area contributed by atoms with Gasteiger partial charge in [0.1, 0.15) is 23.8 Å². The van der Waals surface area contributed by atoms with E-state index in [1.54, 1.807) is 6.33 Å². The van der Waals surface area contributed by atoms with Crippen LogP contribution in [0.3, 0.4) is 0 Å². The van der Waals surface area contributed by atoms with Crippen LogP contribution in [0.1, 0.15) is 5.82 Å². The van der Waals surface area contributed by atoms with Crippen LogP contribution < -0.4 is 9.80 Å². The Hall–Kier alpha value is -2.70. The lowest BCUT2D eigenvalue weighted by molar-refractivity contribution is 0.637. The molecule has 1 aliphatic rings. The van der Waals surface area contributed by atoms with Gasteiger partial charge in [-0.25, -0.2) is 9.97 Å². The van der Waals surface area contributed by atoms with E-state index in [4.69, 9.17) is 0 Å². The van der Waals surface area contributed by atoms with E-state index < -0.39 is 0 Å². The predicted molar refractivity (Wildman–Crippen MR) is 84.2 cm³/mol. The molecule has 0 radical (unpaired) electrons. The zero-order chi connectivity index (χ0) is 14.9. The van der Waals surface area contributed by atoms with E-state index in [1.807, 2.05) is 35.7 Å². The zero-order valence-corrected chi connectivity index (χ0v) is 12.4. The van der Waals surface area contributed by atoms with E-state index in [-0.39, 0.29) is 0 Å². The molecule has 1 saturated heterocycles. The van der Waals surface area contributed by atoms with Crippen LogP contribution in [0.15, 0.2) is 36.8 Å². The number of fused-ring (bicyclic) bond motifs is 1. The van der Waals surface area contributed by atoms with E-state index >= 15 is 0 Å². The smallest absolute Gasteiger partial charge is 0.162 e. The Balaban J connectivity index is 1.53. The minimum Gasteiger partial charge on any atom is -0.354 e. The summed E-state index contributed by atoms with van der Waals surface area (Å²) in [6.45, 7) is 5.69. The van der Waals surface area contributed by atoms with Crippen molar-refractivity contribution in [1.29, 1.82) is 0 Å². The molecule has 0 spiro atoms. The number of piperazine rings is 1. The lowest BCUT2D eigenvalue weighted by Crippen LogP contribution is -2.47. The van der Waals surface area contributed by atoms with E-state index in [9.17, 15) is 0 Å². The van der Waals surface area contributed by atoms with Crippen LogP contribution in [0.2, 0.25) is 0 Å². The normalized spacial score (nSPS) is 15.5. The Morgan fingerprint density at radius 3 is 2.64 bits per heavy atom. The van der Waals surface area contributed by atoms with Crippen molar-refractivity contribution in [3.8, 4) is 0 Å². The van der Waals surface area contributed by atoms with Crippen molar-refractivity contribution in [3.63, 3.8) is 0 Å². The first-order valence-corrected chi connectivity index (χ1v) is 7.39. The highest BCUT2D eigenvalue weighted by Crippen LogP contribution is 2.19. The molecule has 0 aromatic carbocycles. The molecule has 1 aliphatic heterocycles. The van der Waals surface area contributed by atoms with Crippen molar-refractivity contribution >= 4 is 17.3 Å². The first kappa shape index (κ1) is 13.0. The van der Waals surface area contributed by atoms with E-state index in [2.05, 4.69) is 36.0 Å². The Bertz CT molecular complexity index is 789. The van der Waals surface area contributed by atoms with Crippen LogP contribution in [0.5, 0.6) is 0 Å². The predicted octanol–water partition coefficient (Wildman–Crippen LogP) is 1.15. The summed E-state index contributed by atoms with van der Waals surface area (Å²) in [7, 11) is 0. The van der Waals surface area contributed by atoms with Gasteiger partial charge in [-0.05, 0) is 25.1 Å². The number of nitrogens with zero attached hydrogens (tertiary/aromatic N) is 7. The highest BCUT2D eigenvalue weighted by atomic mass is 15.3.